The van der Waals surface area contributed by atoms with Gasteiger partial charge in [-0.25, -0.2) is 9.97 Å². The van der Waals surface area contributed by atoms with Gasteiger partial charge in [-0.05, 0) is 48.4 Å². The van der Waals surface area contributed by atoms with Crippen LogP contribution in [0.15, 0.2) is 60.7 Å². The third kappa shape index (κ3) is 4.70. The van der Waals surface area contributed by atoms with Gasteiger partial charge in [0, 0.05) is 36.2 Å². The second-order valence-electron chi connectivity index (χ2n) is 7.81. The lowest BCUT2D eigenvalue weighted by Gasteiger charge is -2.23. The van der Waals surface area contributed by atoms with Crippen LogP contribution in [-0.4, -0.2) is 48.7 Å². The summed E-state index contributed by atoms with van der Waals surface area (Å²) in [5, 5.41) is 7.98. The molecule has 0 aliphatic carbocycles. The Morgan fingerprint density at radius 1 is 1.03 bits per heavy atom. The number of aryl methyl sites for hydroxylation is 1. The summed E-state index contributed by atoms with van der Waals surface area (Å²) in [6, 6.07) is 19.7. The van der Waals surface area contributed by atoms with Crippen LogP contribution >= 0.6 is 0 Å². The highest BCUT2D eigenvalue weighted by Gasteiger charge is 2.20. The number of hydrogen-bond donors (Lipinski definition) is 1. The quantitative estimate of drug-likeness (QED) is 0.454. The zero-order chi connectivity index (χ0) is 24.1. The molecule has 0 spiro atoms. The van der Waals surface area contributed by atoms with Gasteiger partial charge < -0.3 is 19.5 Å². The van der Waals surface area contributed by atoms with Gasteiger partial charge in [0.1, 0.15) is 36.0 Å². The number of rotatable bonds is 4. The molecule has 1 N–H and O–H groups in total. The van der Waals surface area contributed by atoms with E-state index in [9.17, 15) is 4.79 Å². The number of aliphatic hydroxyl groups excluding tert-OH is 1. The van der Waals surface area contributed by atoms with E-state index in [4.69, 9.17) is 19.6 Å². The fourth-order valence-corrected chi connectivity index (χ4v) is 4.12. The monoisotopic (exact) mass is 457 g/mol. The molecule has 5 rings (SSSR count). The lowest BCUT2D eigenvalue weighted by Crippen LogP contribution is -2.26. The number of methoxy groups -OCH3 is 1. The van der Waals surface area contributed by atoms with Crippen LogP contribution in [0.2, 0.25) is 0 Å². The number of carbonyl (C=O) groups excluding carboxylic acids is 1. The Kier molecular flexibility index (Phi) is 7.04. The number of benzene rings is 3. The molecular weight excluding hydrogens is 430 g/mol. The minimum Gasteiger partial charge on any atom is -0.497 e. The lowest BCUT2D eigenvalue weighted by atomic mass is 10.0. The van der Waals surface area contributed by atoms with Crippen LogP contribution in [-0.2, 0) is 6.54 Å². The molecule has 2 heterocycles. The summed E-state index contributed by atoms with van der Waals surface area (Å²) >= 11 is 0. The number of hydrogen-bond acceptors (Lipinski definition) is 7. The number of ether oxygens (including phenoxy) is 2. The van der Waals surface area contributed by atoms with E-state index in [-0.39, 0.29) is 0 Å². The van der Waals surface area contributed by atoms with Crippen molar-refractivity contribution in [3.8, 4) is 22.6 Å². The maximum absolute atomic E-state index is 11.2. The molecule has 7 nitrogen and oxygen atoms in total. The molecule has 1 aliphatic rings. The third-order valence-corrected chi connectivity index (χ3v) is 5.69. The minimum absolute atomic E-state index is 0.563. The van der Waals surface area contributed by atoms with Gasteiger partial charge in [0.25, 0.3) is 0 Å². The molecule has 0 saturated carbocycles. The van der Waals surface area contributed by atoms with Gasteiger partial charge >= 0.3 is 0 Å². The summed E-state index contributed by atoms with van der Waals surface area (Å²) in [5.74, 6) is 3.25. The molecule has 0 unspecified atom stereocenters. The molecular formula is C27H27N3O4. The SMILES string of the molecule is CO.COc1ccc2c(N3CCOc4ccc(-c5cccc(C=O)c5)cc4C3)nc(C)nc2c1. The van der Waals surface area contributed by atoms with E-state index in [2.05, 4.69) is 16.0 Å². The number of nitrogens with zero attached hydrogens (tertiary/aromatic N) is 3. The summed E-state index contributed by atoms with van der Waals surface area (Å²) in [4.78, 5) is 22.8. The fourth-order valence-electron chi connectivity index (χ4n) is 4.12. The van der Waals surface area contributed by atoms with Crippen molar-refractivity contribution in [1.82, 2.24) is 9.97 Å². The second-order valence-corrected chi connectivity index (χ2v) is 7.81. The van der Waals surface area contributed by atoms with Crippen LogP contribution in [0.3, 0.4) is 0 Å². The van der Waals surface area contributed by atoms with Gasteiger partial charge in [0.2, 0.25) is 0 Å². The number of carbonyl (C=O) groups is 1. The first-order valence-corrected chi connectivity index (χ1v) is 11.0. The van der Waals surface area contributed by atoms with E-state index in [1.165, 1.54) is 0 Å². The Labute approximate surface area is 198 Å². The van der Waals surface area contributed by atoms with Crippen LogP contribution in [0.25, 0.3) is 22.0 Å². The van der Waals surface area contributed by atoms with E-state index in [1.807, 2.05) is 61.5 Å². The molecule has 0 fully saturated rings. The molecule has 7 heteroatoms. The molecule has 1 aromatic heterocycles. The van der Waals surface area contributed by atoms with Crippen molar-refractivity contribution in [2.24, 2.45) is 0 Å². The van der Waals surface area contributed by atoms with E-state index in [0.717, 1.165) is 58.3 Å². The van der Waals surface area contributed by atoms with Crippen LogP contribution in [0, 0.1) is 6.92 Å². The van der Waals surface area contributed by atoms with Crippen molar-refractivity contribution in [3.05, 3.63) is 77.6 Å². The van der Waals surface area contributed by atoms with E-state index >= 15 is 0 Å². The number of fused-ring (bicyclic) bond motifs is 2. The molecule has 0 amide bonds. The first-order valence-electron chi connectivity index (χ1n) is 11.0. The predicted octanol–water partition coefficient (Wildman–Crippen LogP) is 4.43. The van der Waals surface area contributed by atoms with Crippen molar-refractivity contribution in [1.29, 1.82) is 0 Å². The van der Waals surface area contributed by atoms with Gasteiger partial charge in [-0.3, -0.25) is 4.79 Å². The van der Waals surface area contributed by atoms with Crippen LogP contribution in [0.5, 0.6) is 11.5 Å². The van der Waals surface area contributed by atoms with Gasteiger partial charge in [-0.2, -0.15) is 0 Å². The molecule has 0 radical (unpaired) electrons. The summed E-state index contributed by atoms with van der Waals surface area (Å²) in [5.41, 5.74) is 4.65. The summed E-state index contributed by atoms with van der Waals surface area (Å²) in [6.45, 7) is 3.84. The first-order chi connectivity index (χ1) is 16.6. The second kappa shape index (κ2) is 10.3. The van der Waals surface area contributed by atoms with Gasteiger partial charge in [0.15, 0.2) is 0 Å². The van der Waals surface area contributed by atoms with Crippen molar-refractivity contribution < 1.29 is 19.4 Å². The highest BCUT2D eigenvalue weighted by atomic mass is 16.5. The van der Waals surface area contributed by atoms with Crippen molar-refractivity contribution >= 4 is 23.0 Å². The zero-order valence-corrected chi connectivity index (χ0v) is 19.5. The van der Waals surface area contributed by atoms with E-state index < -0.39 is 0 Å². The molecule has 0 bridgehead atoms. The Balaban J connectivity index is 0.00000133. The predicted molar refractivity (Wildman–Crippen MR) is 133 cm³/mol. The molecule has 174 valence electrons. The molecule has 1 aliphatic heterocycles. The maximum atomic E-state index is 11.2. The normalized spacial score (nSPS) is 12.6. The van der Waals surface area contributed by atoms with E-state index in [0.29, 0.717) is 31.1 Å². The largest absolute Gasteiger partial charge is 0.497 e. The number of anilines is 1. The smallest absolute Gasteiger partial charge is 0.150 e. The number of aliphatic hydroxyl groups is 1. The molecule has 34 heavy (non-hydrogen) atoms. The first kappa shape index (κ1) is 23.2. The topological polar surface area (TPSA) is 84.8 Å². The Hall–Kier alpha value is -3.97. The van der Waals surface area contributed by atoms with E-state index in [1.54, 1.807) is 7.11 Å². The van der Waals surface area contributed by atoms with Gasteiger partial charge in [-0.1, -0.05) is 24.3 Å². The van der Waals surface area contributed by atoms with Crippen LogP contribution < -0.4 is 14.4 Å². The summed E-state index contributed by atoms with van der Waals surface area (Å²) in [6.07, 6.45) is 0.870. The van der Waals surface area contributed by atoms with Crippen LogP contribution in [0.1, 0.15) is 21.7 Å². The fraction of sp³-hybridized carbons (Fsp3) is 0.222. The summed E-state index contributed by atoms with van der Waals surface area (Å²) in [7, 11) is 2.65. The highest BCUT2D eigenvalue weighted by Crippen LogP contribution is 2.33. The van der Waals surface area contributed by atoms with Crippen molar-refractivity contribution in [2.45, 2.75) is 13.5 Å². The maximum Gasteiger partial charge on any atom is 0.150 e. The molecule has 4 aromatic rings. The Morgan fingerprint density at radius 3 is 2.65 bits per heavy atom. The van der Waals surface area contributed by atoms with Crippen molar-refractivity contribution in [3.63, 3.8) is 0 Å². The standard InChI is InChI=1S/C26H23N3O3.CH4O/c1-17-27-24-14-22(31-2)7-8-23(24)26(28-17)29-10-11-32-25-9-6-20(13-21(25)15-29)19-5-3-4-18(12-19)16-30;1-2/h3-9,12-14,16H,10-11,15H2,1-2H3;2H,1H3. The average molecular weight is 458 g/mol. The molecule has 0 atom stereocenters. The van der Waals surface area contributed by atoms with Crippen molar-refractivity contribution in [2.75, 3.05) is 32.3 Å². The van der Waals surface area contributed by atoms with Gasteiger partial charge in [0.05, 0.1) is 19.2 Å². The average Bonchev–Trinajstić information content (AvgIpc) is 3.11. The number of aldehydes is 1. The third-order valence-electron chi connectivity index (χ3n) is 5.69. The summed E-state index contributed by atoms with van der Waals surface area (Å²) < 4.78 is 11.4. The molecule has 0 saturated heterocycles. The minimum atomic E-state index is 0.563. The highest BCUT2D eigenvalue weighted by molar-refractivity contribution is 5.90. The zero-order valence-electron chi connectivity index (χ0n) is 19.5. The number of aromatic nitrogens is 2. The Morgan fingerprint density at radius 2 is 1.85 bits per heavy atom. The lowest BCUT2D eigenvalue weighted by molar-refractivity contribution is 0.112. The molecule has 3 aromatic carbocycles. The Bertz CT molecular complexity index is 1320. The van der Waals surface area contributed by atoms with Crippen LogP contribution in [0.4, 0.5) is 5.82 Å². The van der Waals surface area contributed by atoms with Gasteiger partial charge in [-0.15, -0.1) is 0 Å².